The van der Waals surface area contributed by atoms with Crippen LogP contribution in [0.2, 0.25) is 0 Å². The maximum atomic E-state index is 14.0. The fraction of sp³-hybridized carbons (Fsp3) is 0.562. The maximum absolute atomic E-state index is 14.0. The van der Waals surface area contributed by atoms with Crippen LogP contribution < -0.4 is 0 Å². The van der Waals surface area contributed by atoms with E-state index in [2.05, 4.69) is 16.5 Å². The third-order valence-electron chi connectivity index (χ3n) is 4.65. The molecule has 0 radical (unpaired) electrons. The molecule has 0 amide bonds. The molecule has 21 heavy (non-hydrogen) atoms. The van der Waals surface area contributed by atoms with Gasteiger partial charge in [-0.2, -0.15) is 0 Å². The van der Waals surface area contributed by atoms with E-state index in [1.807, 2.05) is 28.7 Å². The second-order valence-corrected chi connectivity index (χ2v) is 7.24. The van der Waals surface area contributed by atoms with Crippen molar-refractivity contribution in [1.82, 2.24) is 9.55 Å². The summed E-state index contributed by atoms with van der Waals surface area (Å²) in [4.78, 5) is 4.64. The highest BCUT2D eigenvalue weighted by Crippen LogP contribution is 2.39. The van der Waals surface area contributed by atoms with Crippen molar-refractivity contribution >= 4 is 45.2 Å². The van der Waals surface area contributed by atoms with Crippen LogP contribution in [0.3, 0.4) is 0 Å². The summed E-state index contributed by atoms with van der Waals surface area (Å²) in [5.74, 6) is 1.72. The summed E-state index contributed by atoms with van der Waals surface area (Å²) < 4.78 is 16.8. The van der Waals surface area contributed by atoms with Crippen LogP contribution >= 0.6 is 34.2 Å². The molecule has 1 aliphatic carbocycles. The molecular formula is C16H19ClFIN2. The average molecular weight is 421 g/mol. The minimum Gasteiger partial charge on any atom is -0.323 e. The molecule has 2 unspecified atom stereocenters. The molecule has 1 fully saturated rings. The standard InChI is InChI=1S/C16H19ClFIN2/c1-2-10-5-3-4-6-14(10)21-15-7-11(18)12(19)8-13(15)20-16(21)9-17/h7-8,10,14H,2-6,9H2,1H3. The van der Waals surface area contributed by atoms with Gasteiger partial charge < -0.3 is 4.57 Å². The van der Waals surface area contributed by atoms with E-state index in [1.54, 1.807) is 6.07 Å². The molecule has 0 saturated heterocycles. The van der Waals surface area contributed by atoms with Crippen LogP contribution in [0.15, 0.2) is 12.1 Å². The molecule has 2 aromatic rings. The van der Waals surface area contributed by atoms with Crippen molar-refractivity contribution in [2.75, 3.05) is 0 Å². The van der Waals surface area contributed by atoms with Gasteiger partial charge in [-0.05, 0) is 47.4 Å². The molecule has 3 rings (SSSR count). The molecule has 0 aliphatic heterocycles. The van der Waals surface area contributed by atoms with Crippen LogP contribution in [0.1, 0.15) is 50.9 Å². The maximum Gasteiger partial charge on any atom is 0.138 e. The highest BCUT2D eigenvalue weighted by molar-refractivity contribution is 14.1. The zero-order chi connectivity index (χ0) is 15.0. The molecule has 1 aromatic heterocycles. The lowest BCUT2D eigenvalue weighted by atomic mass is 9.82. The first-order valence-corrected chi connectivity index (χ1v) is 9.18. The van der Waals surface area contributed by atoms with Gasteiger partial charge in [0.05, 0.1) is 20.5 Å². The smallest absolute Gasteiger partial charge is 0.138 e. The van der Waals surface area contributed by atoms with Gasteiger partial charge in [-0.3, -0.25) is 0 Å². The molecule has 2 nitrogen and oxygen atoms in total. The molecule has 114 valence electrons. The Kier molecular flexibility index (Phi) is 4.74. The summed E-state index contributed by atoms with van der Waals surface area (Å²) in [6, 6.07) is 3.85. The summed E-state index contributed by atoms with van der Waals surface area (Å²) in [5.41, 5.74) is 1.76. The Labute approximate surface area is 143 Å². The first-order chi connectivity index (χ1) is 10.2. The van der Waals surface area contributed by atoms with Gasteiger partial charge in [-0.1, -0.05) is 26.2 Å². The Hall–Kier alpha value is -0.360. The van der Waals surface area contributed by atoms with Gasteiger partial charge in [-0.15, -0.1) is 11.6 Å². The fourth-order valence-corrected chi connectivity index (χ4v) is 4.25. The molecule has 2 atom stereocenters. The summed E-state index contributed by atoms with van der Waals surface area (Å²) in [5, 5.41) is 0. The van der Waals surface area contributed by atoms with E-state index >= 15 is 0 Å². The van der Waals surface area contributed by atoms with Gasteiger partial charge in [0.2, 0.25) is 0 Å². The van der Waals surface area contributed by atoms with Gasteiger partial charge in [-0.25, -0.2) is 9.37 Å². The molecule has 5 heteroatoms. The first kappa shape index (κ1) is 15.5. The number of rotatable bonds is 3. The van der Waals surface area contributed by atoms with Crippen LogP contribution in [0.5, 0.6) is 0 Å². The lowest BCUT2D eigenvalue weighted by Crippen LogP contribution is -2.24. The number of hydrogen-bond donors (Lipinski definition) is 0. The van der Waals surface area contributed by atoms with E-state index in [4.69, 9.17) is 11.6 Å². The summed E-state index contributed by atoms with van der Waals surface area (Å²) in [6.07, 6.45) is 6.06. The van der Waals surface area contributed by atoms with Crippen molar-refractivity contribution in [2.45, 2.75) is 50.9 Å². The molecular weight excluding hydrogens is 402 g/mol. The highest BCUT2D eigenvalue weighted by Gasteiger charge is 2.28. The van der Waals surface area contributed by atoms with E-state index in [0.29, 0.717) is 21.4 Å². The molecule has 1 aliphatic rings. The van der Waals surface area contributed by atoms with E-state index in [0.717, 1.165) is 29.7 Å². The largest absolute Gasteiger partial charge is 0.323 e. The molecule has 1 saturated carbocycles. The Morgan fingerprint density at radius 3 is 2.86 bits per heavy atom. The van der Waals surface area contributed by atoms with Gasteiger partial charge in [0.25, 0.3) is 0 Å². The number of aromatic nitrogens is 2. The zero-order valence-electron chi connectivity index (χ0n) is 12.1. The van der Waals surface area contributed by atoms with Gasteiger partial charge in [0.15, 0.2) is 0 Å². The Morgan fingerprint density at radius 1 is 1.38 bits per heavy atom. The third kappa shape index (κ3) is 2.81. The number of nitrogens with zero attached hydrogens (tertiary/aromatic N) is 2. The van der Waals surface area contributed by atoms with Crippen molar-refractivity contribution in [3.63, 3.8) is 0 Å². The van der Waals surface area contributed by atoms with Crippen LogP contribution in [0.25, 0.3) is 11.0 Å². The SMILES string of the molecule is CCC1CCCCC1n1c(CCl)nc2cc(I)c(F)cc21. The van der Waals surface area contributed by atoms with Crippen molar-refractivity contribution in [3.8, 4) is 0 Å². The molecule has 1 aromatic carbocycles. The minimum absolute atomic E-state index is 0.172. The van der Waals surface area contributed by atoms with Gasteiger partial charge in [0, 0.05) is 12.1 Å². The van der Waals surface area contributed by atoms with Crippen LogP contribution in [-0.4, -0.2) is 9.55 Å². The van der Waals surface area contributed by atoms with Crippen molar-refractivity contribution in [3.05, 3.63) is 27.3 Å². The molecule has 0 bridgehead atoms. The normalized spacial score (nSPS) is 22.9. The zero-order valence-corrected chi connectivity index (χ0v) is 15.0. The molecule has 0 spiro atoms. The summed E-state index contributed by atoms with van der Waals surface area (Å²) in [6.45, 7) is 2.24. The highest BCUT2D eigenvalue weighted by atomic mass is 127. The molecule has 0 N–H and O–H groups in total. The number of fused-ring (bicyclic) bond motifs is 1. The number of imidazole rings is 1. The summed E-state index contributed by atoms with van der Waals surface area (Å²) >= 11 is 8.13. The summed E-state index contributed by atoms with van der Waals surface area (Å²) in [7, 11) is 0. The quantitative estimate of drug-likeness (QED) is 0.463. The van der Waals surface area contributed by atoms with Gasteiger partial charge >= 0.3 is 0 Å². The Morgan fingerprint density at radius 2 is 2.14 bits per heavy atom. The Bertz CT molecular complexity index is 655. The van der Waals surface area contributed by atoms with E-state index in [1.165, 1.54) is 19.3 Å². The van der Waals surface area contributed by atoms with E-state index in [9.17, 15) is 4.39 Å². The van der Waals surface area contributed by atoms with Crippen molar-refractivity contribution in [1.29, 1.82) is 0 Å². The number of halogens is 3. The predicted molar refractivity (Wildman–Crippen MR) is 93.3 cm³/mol. The van der Waals surface area contributed by atoms with Crippen LogP contribution in [0.4, 0.5) is 4.39 Å². The lowest BCUT2D eigenvalue weighted by molar-refractivity contribution is 0.234. The third-order valence-corrected chi connectivity index (χ3v) is 5.71. The van der Waals surface area contributed by atoms with Crippen molar-refractivity contribution < 1.29 is 4.39 Å². The average Bonchev–Trinajstić information content (AvgIpc) is 2.85. The second kappa shape index (κ2) is 6.41. The van der Waals surface area contributed by atoms with E-state index in [-0.39, 0.29) is 5.82 Å². The first-order valence-electron chi connectivity index (χ1n) is 7.57. The molecule has 1 heterocycles. The number of alkyl halides is 1. The topological polar surface area (TPSA) is 17.8 Å². The fourth-order valence-electron chi connectivity index (χ4n) is 3.61. The van der Waals surface area contributed by atoms with Crippen LogP contribution in [-0.2, 0) is 5.88 Å². The predicted octanol–water partition coefficient (Wildman–Crippen LogP) is 5.66. The number of hydrogen-bond acceptors (Lipinski definition) is 1. The van der Waals surface area contributed by atoms with E-state index < -0.39 is 0 Å². The van der Waals surface area contributed by atoms with Crippen LogP contribution in [0, 0.1) is 15.3 Å². The van der Waals surface area contributed by atoms with Crippen molar-refractivity contribution in [2.24, 2.45) is 5.92 Å². The second-order valence-electron chi connectivity index (χ2n) is 5.81. The van der Waals surface area contributed by atoms with Gasteiger partial charge in [0.1, 0.15) is 11.6 Å². The number of benzene rings is 1. The lowest BCUT2D eigenvalue weighted by Gasteiger charge is -2.33. The Balaban J connectivity index is 2.17. The monoisotopic (exact) mass is 420 g/mol. The minimum atomic E-state index is -0.172.